The first-order valence-electron chi connectivity index (χ1n) is 9.14. The molecule has 0 N–H and O–H groups in total. The second kappa shape index (κ2) is 8.32. The van der Waals surface area contributed by atoms with Crippen LogP contribution in [-0.4, -0.2) is 21.6 Å². The molecule has 0 radical (unpaired) electrons. The van der Waals surface area contributed by atoms with E-state index in [9.17, 15) is 0 Å². The van der Waals surface area contributed by atoms with Crippen molar-refractivity contribution >= 4 is 0 Å². The Hall–Kier alpha value is -1.84. The van der Waals surface area contributed by atoms with Gasteiger partial charge in [0.2, 0.25) is 0 Å². The first-order valence-corrected chi connectivity index (χ1v) is 9.14. The summed E-state index contributed by atoms with van der Waals surface area (Å²) in [4.78, 5) is 0. The Labute approximate surface area is 146 Å². The van der Waals surface area contributed by atoms with Gasteiger partial charge < -0.3 is 4.74 Å². The molecule has 1 heterocycles. The van der Waals surface area contributed by atoms with E-state index in [0.717, 1.165) is 43.9 Å². The normalized spacial score (nSPS) is 12.4. The van der Waals surface area contributed by atoms with Gasteiger partial charge in [-0.1, -0.05) is 19.1 Å². The Kier molecular flexibility index (Phi) is 6.41. The molecule has 1 aromatic heterocycles. The van der Waals surface area contributed by atoms with Gasteiger partial charge in [0.25, 0.3) is 0 Å². The van der Waals surface area contributed by atoms with E-state index in [4.69, 9.17) is 4.74 Å². The van der Waals surface area contributed by atoms with Crippen molar-refractivity contribution in [3.8, 4) is 5.75 Å². The number of benzene rings is 1. The summed E-state index contributed by atoms with van der Waals surface area (Å²) in [5.74, 6) is 1.49. The zero-order valence-corrected chi connectivity index (χ0v) is 16.0. The number of aryl methyl sites for hydroxylation is 2. The van der Waals surface area contributed by atoms with Gasteiger partial charge in [-0.05, 0) is 81.2 Å². The van der Waals surface area contributed by atoms with Gasteiger partial charge in [-0.3, -0.25) is 4.68 Å². The topological polar surface area (TPSA) is 39.9 Å². The minimum absolute atomic E-state index is 0.464. The number of nitrogens with zero attached hydrogens (tertiary/aromatic N) is 3. The minimum Gasteiger partial charge on any atom is -0.493 e. The van der Waals surface area contributed by atoms with E-state index in [1.54, 1.807) is 0 Å². The summed E-state index contributed by atoms with van der Waals surface area (Å²) >= 11 is 0. The molecule has 24 heavy (non-hydrogen) atoms. The molecule has 2 rings (SSSR count). The van der Waals surface area contributed by atoms with E-state index in [1.807, 2.05) is 4.68 Å². The van der Waals surface area contributed by atoms with Gasteiger partial charge in [0.1, 0.15) is 5.75 Å². The molecular weight excluding hydrogens is 298 g/mol. The number of ether oxygens (including phenoxy) is 1. The summed E-state index contributed by atoms with van der Waals surface area (Å²) in [6.45, 7) is 14.7. The van der Waals surface area contributed by atoms with Gasteiger partial charge in [-0.15, -0.1) is 5.10 Å². The van der Waals surface area contributed by atoms with Crippen LogP contribution in [0.25, 0.3) is 0 Å². The average molecular weight is 329 g/mol. The fourth-order valence-corrected chi connectivity index (χ4v) is 3.34. The summed E-state index contributed by atoms with van der Waals surface area (Å²) in [7, 11) is 0. The van der Waals surface area contributed by atoms with E-state index < -0.39 is 0 Å². The monoisotopic (exact) mass is 329 g/mol. The van der Waals surface area contributed by atoms with Crippen molar-refractivity contribution < 1.29 is 4.74 Å². The minimum atomic E-state index is 0.464. The first-order chi connectivity index (χ1) is 11.5. The third-order valence-electron chi connectivity index (χ3n) is 4.84. The number of hydrogen-bond donors (Lipinski definition) is 0. The number of rotatable bonds is 8. The lowest BCUT2D eigenvalue weighted by Gasteiger charge is -2.23. The molecule has 0 saturated carbocycles. The molecular formula is C20H31N3O. The molecule has 0 amide bonds. The van der Waals surface area contributed by atoms with Crippen LogP contribution >= 0.6 is 0 Å². The zero-order valence-electron chi connectivity index (χ0n) is 16.0. The van der Waals surface area contributed by atoms with Crippen LogP contribution in [-0.2, 0) is 13.0 Å². The lowest BCUT2D eigenvalue weighted by molar-refractivity contribution is 0.314. The Morgan fingerprint density at radius 2 is 1.88 bits per heavy atom. The zero-order chi connectivity index (χ0) is 17.7. The molecule has 2 aromatic rings. The molecule has 0 saturated heterocycles. The maximum atomic E-state index is 5.93. The van der Waals surface area contributed by atoms with Crippen molar-refractivity contribution in [3.05, 3.63) is 40.2 Å². The smallest absolute Gasteiger partial charge is 0.122 e. The SMILES string of the molecule is CCCOc1cc(C)c(C(CC)Cc2cn(CC)nn2)c(C)c1C. The first kappa shape index (κ1) is 18.5. The molecule has 0 aliphatic heterocycles. The van der Waals surface area contributed by atoms with E-state index >= 15 is 0 Å². The molecule has 0 aliphatic rings. The molecule has 0 bridgehead atoms. The molecule has 0 aliphatic carbocycles. The highest BCUT2D eigenvalue weighted by Gasteiger charge is 2.20. The van der Waals surface area contributed by atoms with Crippen LogP contribution in [0.3, 0.4) is 0 Å². The summed E-state index contributed by atoms with van der Waals surface area (Å²) in [6.07, 6.45) is 5.13. The highest BCUT2D eigenvalue weighted by Crippen LogP contribution is 2.35. The van der Waals surface area contributed by atoms with Crippen LogP contribution in [0.4, 0.5) is 0 Å². The van der Waals surface area contributed by atoms with Crippen molar-refractivity contribution in [2.75, 3.05) is 6.61 Å². The summed E-state index contributed by atoms with van der Waals surface area (Å²) in [5, 5.41) is 8.50. The van der Waals surface area contributed by atoms with Crippen LogP contribution in [0.15, 0.2) is 12.3 Å². The van der Waals surface area contributed by atoms with Gasteiger partial charge >= 0.3 is 0 Å². The average Bonchev–Trinajstić information content (AvgIpc) is 3.03. The van der Waals surface area contributed by atoms with Crippen LogP contribution in [0.2, 0.25) is 0 Å². The molecule has 1 unspecified atom stereocenters. The van der Waals surface area contributed by atoms with Gasteiger partial charge in [-0.25, -0.2) is 0 Å². The number of aromatic nitrogens is 3. The van der Waals surface area contributed by atoms with Crippen LogP contribution < -0.4 is 4.74 Å². The van der Waals surface area contributed by atoms with Gasteiger partial charge in [-0.2, -0.15) is 0 Å². The van der Waals surface area contributed by atoms with Gasteiger partial charge in [0.05, 0.1) is 12.3 Å². The van der Waals surface area contributed by atoms with Crippen molar-refractivity contribution in [3.63, 3.8) is 0 Å². The second-order valence-corrected chi connectivity index (χ2v) is 6.58. The quantitative estimate of drug-likeness (QED) is 0.702. The second-order valence-electron chi connectivity index (χ2n) is 6.58. The molecule has 1 atom stereocenters. The summed E-state index contributed by atoms with van der Waals surface area (Å²) in [5.41, 5.74) is 6.46. The Morgan fingerprint density at radius 3 is 2.46 bits per heavy atom. The van der Waals surface area contributed by atoms with Crippen molar-refractivity contribution in [1.82, 2.24) is 15.0 Å². The van der Waals surface area contributed by atoms with Crippen molar-refractivity contribution in [2.24, 2.45) is 0 Å². The van der Waals surface area contributed by atoms with Crippen molar-refractivity contribution in [1.29, 1.82) is 0 Å². The highest BCUT2D eigenvalue weighted by molar-refractivity contribution is 5.49. The largest absolute Gasteiger partial charge is 0.493 e. The fourth-order valence-electron chi connectivity index (χ4n) is 3.34. The van der Waals surface area contributed by atoms with Crippen molar-refractivity contribution in [2.45, 2.75) is 73.3 Å². The Balaban J connectivity index is 2.32. The third kappa shape index (κ3) is 3.97. The van der Waals surface area contributed by atoms with E-state index in [-0.39, 0.29) is 0 Å². The Bertz CT molecular complexity index is 676. The van der Waals surface area contributed by atoms with E-state index in [0.29, 0.717) is 5.92 Å². The van der Waals surface area contributed by atoms with Gasteiger partial charge in [0, 0.05) is 12.7 Å². The van der Waals surface area contributed by atoms with E-state index in [1.165, 1.54) is 22.3 Å². The molecule has 0 spiro atoms. The maximum Gasteiger partial charge on any atom is 0.122 e. The fraction of sp³-hybridized carbons (Fsp3) is 0.600. The molecule has 4 heteroatoms. The van der Waals surface area contributed by atoms with Gasteiger partial charge in [0.15, 0.2) is 0 Å². The lowest BCUT2D eigenvalue weighted by Crippen LogP contribution is -2.09. The highest BCUT2D eigenvalue weighted by atomic mass is 16.5. The van der Waals surface area contributed by atoms with Crippen LogP contribution in [0.5, 0.6) is 5.75 Å². The molecule has 1 aromatic carbocycles. The molecule has 0 fully saturated rings. The summed E-state index contributed by atoms with van der Waals surface area (Å²) < 4.78 is 7.82. The standard InChI is InChI=1S/C20H31N3O/c1-7-10-24-19-11-14(4)20(16(6)15(19)5)17(8-2)12-18-13-23(9-3)22-21-18/h11,13,17H,7-10,12H2,1-6H3. The summed E-state index contributed by atoms with van der Waals surface area (Å²) in [6, 6.07) is 2.21. The Morgan fingerprint density at radius 1 is 1.12 bits per heavy atom. The van der Waals surface area contributed by atoms with Crippen LogP contribution in [0, 0.1) is 20.8 Å². The predicted molar refractivity (Wildman–Crippen MR) is 98.9 cm³/mol. The lowest BCUT2D eigenvalue weighted by atomic mass is 9.84. The van der Waals surface area contributed by atoms with E-state index in [2.05, 4.69) is 64.1 Å². The third-order valence-corrected chi connectivity index (χ3v) is 4.84. The maximum absolute atomic E-state index is 5.93. The van der Waals surface area contributed by atoms with Crippen LogP contribution in [0.1, 0.15) is 67.5 Å². The number of hydrogen-bond acceptors (Lipinski definition) is 3. The predicted octanol–water partition coefficient (Wildman–Crippen LogP) is 4.75. The molecule has 4 nitrogen and oxygen atoms in total. The molecule has 132 valence electrons.